The van der Waals surface area contributed by atoms with Gasteiger partial charge in [-0.15, -0.1) is 0 Å². The van der Waals surface area contributed by atoms with Crippen molar-refractivity contribution < 1.29 is 9.53 Å². The molecule has 0 N–H and O–H groups in total. The van der Waals surface area contributed by atoms with E-state index in [1.807, 2.05) is 0 Å². The first-order valence-electron chi connectivity index (χ1n) is 9.17. The summed E-state index contributed by atoms with van der Waals surface area (Å²) in [5.41, 5.74) is 6.85. The standard InChI is InChI=1S/C22H25NO2/c1-15-4-3-5-16(12-15)17-6-7-19-18-8-10-23(11-9-22(24)25-2)21(14-18)20(19)13-17/h3-7,12-13,18,21H,8-11,14H2,1-2H3/t18-,21-/m1/s1. The van der Waals surface area contributed by atoms with Crippen molar-refractivity contribution in [2.75, 3.05) is 20.2 Å². The van der Waals surface area contributed by atoms with Gasteiger partial charge >= 0.3 is 5.97 Å². The van der Waals surface area contributed by atoms with Crippen LogP contribution in [0.4, 0.5) is 0 Å². The number of rotatable bonds is 4. The van der Waals surface area contributed by atoms with Gasteiger partial charge in [0.1, 0.15) is 0 Å². The Hall–Kier alpha value is -2.13. The number of ether oxygens (including phenoxy) is 1. The van der Waals surface area contributed by atoms with Gasteiger partial charge in [-0.3, -0.25) is 9.69 Å². The third kappa shape index (κ3) is 3.09. The minimum absolute atomic E-state index is 0.117. The minimum atomic E-state index is -0.117. The van der Waals surface area contributed by atoms with Crippen molar-refractivity contribution in [3.8, 4) is 11.1 Å². The first-order chi connectivity index (χ1) is 12.2. The fourth-order valence-corrected chi connectivity index (χ4v) is 4.46. The first kappa shape index (κ1) is 16.3. The lowest BCUT2D eigenvalue weighted by Crippen LogP contribution is -2.34. The highest BCUT2D eigenvalue weighted by molar-refractivity contribution is 5.69. The van der Waals surface area contributed by atoms with Crippen molar-refractivity contribution in [3.63, 3.8) is 0 Å². The maximum atomic E-state index is 11.5. The van der Waals surface area contributed by atoms with E-state index in [-0.39, 0.29) is 5.97 Å². The largest absolute Gasteiger partial charge is 0.469 e. The Kier molecular flexibility index (Phi) is 4.34. The zero-order chi connectivity index (χ0) is 17.4. The number of aryl methyl sites for hydroxylation is 1. The quantitative estimate of drug-likeness (QED) is 0.773. The Morgan fingerprint density at radius 2 is 2.00 bits per heavy atom. The third-order valence-corrected chi connectivity index (χ3v) is 5.78. The highest BCUT2D eigenvalue weighted by Crippen LogP contribution is 2.49. The van der Waals surface area contributed by atoms with E-state index in [9.17, 15) is 4.79 Å². The van der Waals surface area contributed by atoms with Crippen molar-refractivity contribution in [3.05, 3.63) is 59.2 Å². The van der Waals surface area contributed by atoms with Crippen LogP contribution < -0.4 is 0 Å². The van der Waals surface area contributed by atoms with Crippen molar-refractivity contribution in [1.82, 2.24) is 4.90 Å². The predicted octanol–water partition coefficient (Wildman–Crippen LogP) is 4.46. The molecule has 1 heterocycles. The summed E-state index contributed by atoms with van der Waals surface area (Å²) in [6, 6.07) is 16.1. The summed E-state index contributed by atoms with van der Waals surface area (Å²) in [4.78, 5) is 14.0. The number of fused-ring (bicyclic) bond motifs is 5. The Morgan fingerprint density at radius 3 is 2.80 bits per heavy atom. The van der Waals surface area contributed by atoms with Crippen LogP contribution >= 0.6 is 0 Å². The Labute approximate surface area is 149 Å². The number of likely N-dealkylation sites (tertiary alicyclic amines) is 1. The minimum Gasteiger partial charge on any atom is -0.469 e. The Bertz CT molecular complexity index is 798. The maximum absolute atomic E-state index is 11.5. The fourth-order valence-electron chi connectivity index (χ4n) is 4.46. The molecular formula is C22H25NO2. The van der Waals surface area contributed by atoms with Gasteiger partial charge in [0.15, 0.2) is 0 Å². The highest BCUT2D eigenvalue weighted by atomic mass is 16.5. The molecule has 130 valence electrons. The van der Waals surface area contributed by atoms with E-state index in [2.05, 4.69) is 54.3 Å². The number of esters is 1. The van der Waals surface area contributed by atoms with Gasteiger partial charge in [0, 0.05) is 12.6 Å². The molecule has 2 aromatic carbocycles. The lowest BCUT2D eigenvalue weighted by molar-refractivity contribution is -0.141. The van der Waals surface area contributed by atoms with Crippen LogP contribution in [0, 0.1) is 6.92 Å². The van der Waals surface area contributed by atoms with Gasteiger partial charge < -0.3 is 4.74 Å². The number of carbonyl (C=O) groups excluding carboxylic acids is 1. The molecule has 25 heavy (non-hydrogen) atoms. The van der Waals surface area contributed by atoms with Gasteiger partial charge in [-0.25, -0.2) is 0 Å². The SMILES string of the molecule is COC(=O)CCN1CC[C@@H]2C[C@@H]1c1cc(-c3cccc(C)c3)ccc12. The van der Waals surface area contributed by atoms with Crippen LogP contribution in [0.1, 0.15) is 47.9 Å². The monoisotopic (exact) mass is 335 g/mol. The maximum Gasteiger partial charge on any atom is 0.306 e. The van der Waals surface area contributed by atoms with E-state index in [0.29, 0.717) is 18.4 Å². The van der Waals surface area contributed by atoms with Crippen LogP contribution in [0.5, 0.6) is 0 Å². The molecule has 1 fully saturated rings. The summed E-state index contributed by atoms with van der Waals surface area (Å²) < 4.78 is 4.81. The van der Waals surface area contributed by atoms with E-state index in [4.69, 9.17) is 4.74 Å². The average molecular weight is 335 g/mol. The first-order valence-corrected chi connectivity index (χ1v) is 9.17. The normalized spacial score (nSPS) is 21.8. The van der Waals surface area contributed by atoms with E-state index in [1.165, 1.54) is 47.8 Å². The molecule has 0 unspecified atom stereocenters. The molecule has 1 aliphatic heterocycles. The number of carbonyl (C=O) groups is 1. The summed E-state index contributed by atoms with van der Waals surface area (Å²) >= 11 is 0. The van der Waals surface area contributed by atoms with Crippen LogP contribution in [0.3, 0.4) is 0 Å². The summed E-state index contributed by atoms with van der Waals surface area (Å²) in [5.74, 6) is 0.565. The van der Waals surface area contributed by atoms with E-state index >= 15 is 0 Å². The second kappa shape index (κ2) is 6.64. The lowest BCUT2D eigenvalue weighted by atomic mass is 9.94. The molecule has 0 spiro atoms. The van der Waals surface area contributed by atoms with Gasteiger partial charge in [0.2, 0.25) is 0 Å². The van der Waals surface area contributed by atoms with Gasteiger partial charge in [-0.2, -0.15) is 0 Å². The Balaban J connectivity index is 1.62. The number of nitrogens with zero attached hydrogens (tertiary/aromatic N) is 1. The summed E-state index contributed by atoms with van der Waals surface area (Å²) in [6.45, 7) is 4.00. The van der Waals surface area contributed by atoms with E-state index < -0.39 is 0 Å². The molecule has 0 saturated carbocycles. The van der Waals surface area contributed by atoms with Crippen LogP contribution in [0.15, 0.2) is 42.5 Å². The van der Waals surface area contributed by atoms with Crippen LogP contribution in [-0.2, 0) is 9.53 Å². The zero-order valence-corrected chi connectivity index (χ0v) is 15.0. The molecule has 1 aliphatic carbocycles. The van der Waals surface area contributed by atoms with Crippen LogP contribution in [-0.4, -0.2) is 31.1 Å². The molecule has 1 saturated heterocycles. The number of hydrogen-bond donors (Lipinski definition) is 0. The molecule has 4 rings (SSSR count). The van der Waals surface area contributed by atoms with E-state index in [0.717, 1.165) is 13.1 Å². The molecular weight excluding hydrogens is 310 g/mol. The molecule has 0 amide bonds. The van der Waals surface area contributed by atoms with Crippen LogP contribution in [0.2, 0.25) is 0 Å². The highest BCUT2D eigenvalue weighted by Gasteiger charge is 2.38. The number of benzene rings is 2. The number of piperidine rings is 1. The molecule has 0 radical (unpaired) electrons. The topological polar surface area (TPSA) is 29.5 Å². The van der Waals surface area contributed by atoms with Gasteiger partial charge in [0.25, 0.3) is 0 Å². The molecule has 3 nitrogen and oxygen atoms in total. The van der Waals surface area contributed by atoms with Crippen molar-refractivity contribution >= 4 is 5.97 Å². The molecule has 2 atom stereocenters. The second-order valence-electron chi connectivity index (χ2n) is 7.31. The molecule has 3 heteroatoms. The summed E-state index contributed by atoms with van der Waals surface area (Å²) in [7, 11) is 1.47. The molecule has 2 aromatic rings. The molecule has 0 aromatic heterocycles. The predicted molar refractivity (Wildman–Crippen MR) is 99.5 cm³/mol. The number of hydrogen-bond acceptors (Lipinski definition) is 3. The van der Waals surface area contributed by atoms with Crippen molar-refractivity contribution in [1.29, 1.82) is 0 Å². The lowest BCUT2D eigenvalue weighted by Gasteiger charge is -2.33. The van der Waals surface area contributed by atoms with Crippen LogP contribution in [0.25, 0.3) is 11.1 Å². The molecule has 2 bridgehead atoms. The van der Waals surface area contributed by atoms with Crippen molar-refractivity contribution in [2.45, 2.75) is 38.1 Å². The van der Waals surface area contributed by atoms with Gasteiger partial charge in [0.05, 0.1) is 13.5 Å². The van der Waals surface area contributed by atoms with Crippen molar-refractivity contribution in [2.24, 2.45) is 0 Å². The second-order valence-corrected chi connectivity index (χ2v) is 7.31. The smallest absolute Gasteiger partial charge is 0.306 e. The number of methoxy groups -OCH3 is 1. The molecule has 2 aliphatic rings. The zero-order valence-electron chi connectivity index (χ0n) is 15.0. The van der Waals surface area contributed by atoms with Gasteiger partial charge in [-0.05, 0) is 60.5 Å². The van der Waals surface area contributed by atoms with E-state index in [1.54, 1.807) is 0 Å². The summed E-state index contributed by atoms with van der Waals surface area (Å²) in [5, 5.41) is 0. The average Bonchev–Trinajstić information content (AvgIpc) is 2.93. The Morgan fingerprint density at radius 1 is 1.16 bits per heavy atom. The van der Waals surface area contributed by atoms with Gasteiger partial charge in [-0.1, -0.05) is 42.0 Å². The summed E-state index contributed by atoms with van der Waals surface area (Å²) in [6.07, 6.45) is 2.85. The fraction of sp³-hybridized carbons (Fsp3) is 0.409. The third-order valence-electron chi connectivity index (χ3n) is 5.78.